The molecule has 4 N–H and O–H groups in total. The third-order valence-electron chi connectivity index (χ3n) is 0.213. The molecule has 0 aromatic carbocycles. The fraction of sp³-hybridized carbons (Fsp3) is 0. The highest BCUT2D eigenvalue weighted by Gasteiger charge is 2.27. The Labute approximate surface area is 83.5 Å². The van der Waals surface area contributed by atoms with Gasteiger partial charge in [-0.25, -0.2) is 9.13 Å². The second-order valence-corrected chi connectivity index (χ2v) is 3.68. The van der Waals surface area contributed by atoms with Crippen LogP contribution in [0.1, 0.15) is 0 Å². The SMILES string of the molecule is O=P(O)(O)OP(=O)(O)O.[AlH3].[AlH3]. The number of phosphoric acid groups is 2. The zero-order valence-electron chi connectivity index (χ0n) is 3.91. The molecule has 11 heavy (non-hydrogen) atoms. The van der Waals surface area contributed by atoms with Gasteiger partial charge in [0.15, 0.2) is 34.7 Å². The molecule has 0 aromatic heterocycles. The summed E-state index contributed by atoms with van der Waals surface area (Å²) in [5.41, 5.74) is 0. The van der Waals surface area contributed by atoms with Crippen molar-refractivity contribution in [3.8, 4) is 0 Å². The minimum absolute atomic E-state index is 0. The van der Waals surface area contributed by atoms with Gasteiger partial charge in [-0.3, -0.25) is 0 Å². The van der Waals surface area contributed by atoms with Gasteiger partial charge in [0, 0.05) is 0 Å². The minimum atomic E-state index is -5.05. The zero-order chi connectivity index (χ0) is 7.71. The first-order valence-corrected chi connectivity index (χ1v) is 4.59. The maximum Gasteiger partial charge on any atom is 0.478 e. The lowest BCUT2D eigenvalue weighted by atomic mass is 15.7. The van der Waals surface area contributed by atoms with Crippen LogP contribution in [0.2, 0.25) is 0 Å². The van der Waals surface area contributed by atoms with E-state index in [2.05, 4.69) is 4.31 Å². The van der Waals surface area contributed by atoms with Crippen LogP contribution < -0.4 is 0 Å². The van der Waals surface area contributed by atoms with E-state index in [0.717, 1.165) is 0 Å². The molecule has 0 unspecified atom stereocenters. The molecule has 0 radical (unpaired) electrons. The van der Waals surface area contributed by atoms with Crippen LogP contribution in [-0.4, -0.2) is 54.3 Å². The molecule has 0 aliphatic heterocycles. The maximum atomic E-state index is 9.63. The van der Waals surface area contributed by atoms with Gasteiger partial charge >= 0.3 is 15.6 Å². The lowest BCUT2D eigenvalue weighted by molar-refractivity contribution is 0.225. The summed E-state index contributed by atoms with van der Waals surface area (Å²) in [7, 11) is -10.1. The fourth-order valence-corrected chi connectivity index (χ4v) is 1.25. The van der Waals surface area contributed by atoms with Crippen molar-refractivity contribution in [1.82, 2.24) is 0 Å². The van der Waals surface area contributed by atoms with Gasteiger partial charge in [-0.2, -0.15) is 4.31 Å². The molecule has 0 heterocycles. The third-order valence-corrected chi connectivity index (χ3v) is 1.91. The van der Waals surface area contributed by atoms with Crippen molar-refractivity contribution in [1.29, 1.82) is 0 Å². The predicted molar refractivity (Wildman–Crippen MR) is 45.1 cm³/mol. The van der Waals surface area contributed by atoms with E-state index in [9.17, 15) is 9.13 Å². The molecule has 0 rings (SSSR count). The van der Waals surface area contributed by atoms with Gasteiger partial charge in [-0.05, 0) is 0 Å². The van der Waals surface area contributed by atoms with E-state index in [1.54, 1.807) is 0 Å². The summed E-state index contributed by atoms with van der Waals surface area (Å²) in [6.07, 6.45) is 0. The zero-order valence-corrected chi connectivity index (χ0v) is 5.70. The highest BCUT2D eigenvalue weighted by atomic mass is 31.3. The monoisotopic (exact) mass is 238 g/mol. The van der Waals surface area contributed by atoms with Crippen LogP contribution in [0.15, 0.2) is 0 Å². The van der Waals surface area contributed by atoms with Crippen molar-refractivity contribution in [3.05, 3.63) is 0 Å². The summed E-state index contributed by atoms with van der Waals surface area (Å²) in [5, 5.41) is 0. The van der Waals surface area contributed by atoms with Gasteiger partial charge in [0.25, 0.3) is 0 Å². The van der Waals surface area contributed by atoms with Crippen LogP contribution in [0.3, 0.4) is 0 Å². The second kappa shape index (κ2) is 5.88. The number of rotatable bonds is 2. The van der Waals surface area contributed by atoms with Crippen LogP contribution in [-0.2, 0) is 13.4 Å². The van der Waals surface area contributed by atoms with Gasteiger partial charge in [0.2, 0.25) is 0 Å². The first kappa shape index (κ1) is 18.2. The van der Waals surface area contributed by atoms with Gasteiger partial charge in [-0.1, -0.05) is 0 Å². The summed E-state index contributed by atoms with van der Waals surface area (Å²) in [5.74, 6) is 0. The van der Waals surface area contributed by atoms with Crippen LogP contribution in [0.5, 0.6) is 0 Å². The van der Waals surface area contributed by atoms with E-state index in [0.29, 0.717) is 0 Å². The predicted octanol–water partition coefficient (Wildman–Crippen LogP) is -3.18. The van der Waals surface area contributed by atoms with Gasteiger partial charge < -0.3 is 19.6 Å². The summed E-state index contributed by atoms with van der Waals surface area (Å²) in [6, 6.07) is 0. The summed E-state index contributed by atoms with van der Waals surface area (Å²) in [6.45, 7) is 0. The van der Waals surface area contributed by atoms with Crippen molar-refractivity contribution < 1.29 is 33.0 Å². The molecular weight excluding hydrogens is 228 g/mol. The Morgan fingerprint density at radius 2 is 1.00 bits per heavy atom. The van der Waals surface area contributed by atoms with E-state index in [-0.39, 0.29) is 34.7 Å². The van der Waals surface area contributed by atoms with E-state index in [1.165, 1.54) is 0 Å². The molecular formula is H10Al2O7P2. The molecule has 7 nitrogen and oxygen atoms in total. The smallest absolute Gasteiger partial charge is 0.302 e. The van der Waals surface area contributed by atoms with Gasteiger partial charge in [-0.15, -0.1) is 0 Å². The van der Waals surface area contributed by atoms with Crippen LogP contribution in [0.4, 0.5) is 0 Å². The molecule has 0 spiro atoms. The normalized spacial score (nSPS) is 11.3. The maximum absolute atomic E-state index is 9.63. The van der Waals surface area contributed by atoms with E-state index < -0.39 is 15.6 Å². The molecule has 0 saturated heterocycles. The highest BCUT2D eigenvalue weighted by molar-refractivity contribution is 7.60. The Balaban J connectivity index is -0.000000320. The third kappa shape index (κ3) is 18.4. The van der Waals surface area contributed by atoms with Crippen molar-refractivity contribution in [2.45, 2.75) is 0 Å². The first-order chi connectivity index (χ1) is 3.71. The molecule has 0 aromatic rings. The van der Waals surface area contributed by atoms with E-state index in [4.69, 9.17) is 19.6 Å². The highest BCUT2D eigenvalue weighted by Crippen LogP contribution is 2.53. The van der Waals surface area contributed by atoms with Crippen molar-refractivity contribution >= 4 is 50.4 Å². The molecule has 0 saturated carbocycles. The average Bonchev–Trinajstić information content (AvgIpc) is 1.14. The Hall–Kier alpha value is 1.32. The topological polar surface area (TPSA) is 124 Å². The van der Waals surface area contributed by atoms with Crippen LogP contribution in [0.25, 0.3) is 0 Å². The standard InChI is InChI=1S/2Al.H4O7P2.6H/c;;1-8(2,3)7-9(4,5)6;;;;;;/h;;(H2,1,2,3)(H2,4,5,6);;;;;;. The minimum Gasteiger partial charge on any atom is -0.302 e. The Morgan fingerprint density at radius 3 is 1.00 bits per heavy atom. The Kier molecular flexibility index (Phi) is 9.72. The fourth-order valence-electron chi connectivity index (χ4n) is 0.139. The van der Waals surface area contributed by atoms with Crippen molar-refractivity contribution in [2.24, 2.45) is 0 Å². The first-order valence-electron chi connectivity index (χ1n) is 1.53. The molecule has 0 aliphatic rings. The number of hydrogen-bond acceptors (Lipinski definition) is 3. The quantitative estimate of drug-likeness (QED) is 0.295. The molecule has 0 bridgehead atoms. The Morgan fingerprint density at radius 1 is 0.818 bits per heavy atom. The summed E-state index contributed by atoms with van der Waals surface area (Å²) >= 11 is 0. The molecule has 0 amide bonds. The molecule has 0 aliphatic carbocycles. The lowest BCUT2D eigenvalue weighted by Crippen LogP contribution is -1.84. The summed E-state index contributed by atoms with van der Waals surface area (Å²) in [4.78, 5) is 31.0. The van der Waals surface area contributed by atoms with Crippen molar-refractivity contribution in [2.75, 3.05) is 0 Å². The number of hydrogen-bond donors (Lipinski definition) is 4. The van der Waals surface area contributed by atoms with E-state index in [1.807, 2.05) is 0 Å². The average molecular weight is 238 g/mol. The van der Waals surface area contributed by atoms with Crippen LogP contribution >= 0.6 is 15.6 Å². The molecule has 68 valence electrons. The van der Waals surface area contributed by atoms with Crippen molar-refractivity contribution in [3.63, 3.8) is 0 Å². The molecule has 11 heteroatoms. The van der Waals surface area contributed by atoms with Gasteiger partial charge in [0.1, 0.15) is 0 Å². The molecule has 0 atom stereocenters. The second-order valence-electron chi connectivity index (χ2n) is 1.06. The lowest BCUT2D eigenvalue weighted by Gasteiger charge is -2.03. The summed E-state index contributed by atoms with van der Waals surface area (Å²) < 4.78 is 22.2. The van der Waals surface area contributed by atoms with Crippen LogP contribution in [0, 0.1) is 0 Å². The largest absolute Gasteiger partial charge is 0.478 e. The Bertz CT molecular complexity index is 155. The molecule has 0 fully saturated rings. The van der Waals surface area contributed by atoms with E-state index >= 15 is 0 Å². The van der Waals surface area contributed by atoms with Gasteiger partial charge in [0.05, 0.1) is 0 Å².